The maximum absolute atomic E-state index is 12.4. The van der Waals surface area contributed by atoms with Crippen LogP contribution in [-0.2, 0) is 0 Å². The molecule has 0 aliphatic carbocycles. The number of ether oxygens (including phenoxy) is 2. The van der Waals surface area contributed by atoms with Gasteiger partial charge in [-0.25, -0.2) is 0 Å². The minimum Gasteiger partial charge on any atom is -0.497 e. The van der Waals surface area contributed by atoms with Crippen molar-refractivity contribution in [3.8, 4) is 11.5 Å². The molecule has 0 bridgehead atoms. The Bertz CT molecular complexity index is 439. The van der Waals surface area contributed by atoms with E-state index in [-0.39, 0.29) is 18.4 Å². The quantitative estimate of drug-likeness (QED) is 0.887. The Labute approximate surface area is 112 Å². The second kappa shape index (κ2) is 5.93. The highest BCUT2D eigenvalue weighted by molar-refractivity contribution is 5.95. The van der Waals surface area contributed by atoms with Gasteiger partial charge in [-0.15, -0.1) is 0 Å². The molecular weight excluding hydrogens is 246 g/mol. The Morgan fingerprint density at radius 1 is 1.32 bits per heavy atom. The van der Waals surface area contributed by atoms with Gasteiger partial charge in [-0.2, -0.15) is 0 Å². The number of aliphatic hydroxyl groups is 1. The molecule has 2 rings (SSSR count). The monoisotopic (exact) mass is 265 g/mol. The van der Waals surface area contributed by atoms with Crippen molar-refractivity contribution in [1.29, 1.82) is 0 Å². The summed E-state index contributed by atoms with van der Waals surface area (Å²) in [6.07, 6.45) is 0.851. The predicted molar refractivity (Wildman–Crippen MR) is 70.6 cm³/mol. The van der Waals surface area contributed by atoms with Gasteiger partial charge in [0.15, 0.2) is 0 Å². The van der Waals surface area contributed by atoms with Gasteiger partial charge in [0.25, 0.3) is 5.91 Å². The third kappa shape index (κ3) is 2.98. The lowest BCUT2D eigenvalue weighted by atomic mass is 10.1. The summed E-state index contributed by atoms with van der Waals surface area (Å²) in [6.45, 7) is 1.42. The van der Waals surface area contributed by atoms with E-state index in [9.17, 15) is 4.79 Å². The molecule has 1 aliphatic heterocycles. The zero-order valence-electron chi connectivity index (χ0n) is 11.3. The van der Waals surface area contributed by atoms with Crippen LogP contribution in [0.2, 0.25) is 0 Å². The minimum atomic E-state index is -0.0480. The second-order valence-corrected chi connectivity index (χ2v) is 4.69. The number of amides is 1. The number of nitrogens with zero attached hydrogens (tertiary/aromatic N) is 1. The van der Waals surface area contributed by atoms with Crippen molar-refractivity contribution in [3.63, 3.8) is 0 Å². The molecule has 5 nitrogen and oxygen atoms in total. The molecule has 5 heteroatoms. The highest BCUT2D eigenvalue weighted by Gasteiger charge is 2.26. The Morgan fingerprint density at radius 2 is 1.95 bits per heavy atom. The molecule has 1 N–H and O–H groups in total. The number of rotatable bonds is 4. The predicted octanol–water partition coefficient (Wildman–Crippen LogP) is 1.16. The first-order valence-electron chi connectivity index (χ1n) is 6.31. The summed E-state index contributed by atoms with van der Waals surface area (Å²) >= 11 is 0. The van der Waals surface area contributed by atoms with E-state index in [4.69, 9.17) is 14.6 Å². The number of likely N-dealkylation sites (tertiary alicyclic amines) is 1. The van der Waals surface area contributed by atoms with Crippen LogP contribution in [0.5, 0.6) is 11.5 Å². The summed E-state index contributed by atoms with van der Waals surface area (Å²) in [4.78, 5) is 14.1. The SMILES string of the molecule is COc1cc(OC)cc(C(=O)N2CCC(CO)C2)c1. The summed E-state index contributed by atoms with van der Waals surface area (Å²) in [7, 11) is 3.11. The molecule has 0 spiro atoms. The minimum absolute atomic E-state index is 0.0480. The normalized spacial score (nSPS) is 18.5. The molecule has 1 saturated heterocycles. The fraction of sp³-hybridized carbons (Fsp3) is 0.500. The topological polar surface area (TPSA) is 59.0 Å². The third-order valence-electron chi connectivity index (χ3n) is 3.43. The van der Waals surface area contributed by atoms with Gasteiger partial charge in [0.1, 0.15) is 11.5 Å². The van der Waals surface area contributed by atoms with Crippen LogP contribution in [-0.4, -0.2) is 49.8 Å². The fourth-order valence-corrected chi connectivity index (χ4v) is 2.28. The standard InChI is InChI=1S/C14H19NO4/c1-18-12-5-11(6-13(7-12)19-2)14(17)15-4-3-10(8-15)9-16/h5-7,10,16H,3-4,8-9H2,1-2H3. The average molecular weight is 265 g/mol. The van der Waals surface area contributed by atoms with Crippen LogP contribution < -0.4 is 9.47 Å². The molecule has 1 aromatic rings. The molecule has 1 unspecified atom stereocenters. The lowest BCUT2D eigenvalue weighted by molar-refractivity contribution is 0.0781. The molecule has 0 aromatic heterocycles. The van der Waals surface area contributed by atoms with E-state index < -0.39 is 0 Å². The molecule has 104 valence electrons. The van der Waals surface area contributed by atoms with Gasteiger partial charge in [0.2, 0.25) is 0 Å². The number of hydrogen-bond donors (Lipinski definition) is 1. The lowest BCUT2D eigenvalue weighted by Gasteiger charge is -2.17. The Hall–Kier alpha value is -1.75. The van der Waals surface area contributed by atoms with Gasteiger partial charge in [0, 0.05) is 37.2 Å². The van der Waals surface area contributed by atoms with Crippen LogP contribution >= 0.6 is 0 Å². The van der Waals surface area contributed by atoms with E-state index in [0.29, 0.717) is 30.2 Å². The Kier molecular flexibility index (Phi) is 4.27. The van der Waals surface area contributed by atoms with Crippen LogP contribution in [0.25, 0.3) is 0 Å². The van der Waals surface area contributed by atoms with Crippen LogP contribution in [0.4, 0.5) is 0 Å². The summed E-state index contributed by atoms with van der Waals surface area (Å²) in [5, 5.41) is 9.12. The molecule has 1 aliphatic rings. The summed E-state index contributed by atoms with van der Waals surface area (Å²) < 4.78 is 10.3. The second-order valence-electron chi connectivity index (χ2n) is 4.69. The summed E-state index contributed by atoms with van der Waals surface area (Å²) in [5.41, 5.74) is 0.551. The zero-order valence-corrected chi connectivity index (χ0v) is 11.3. The number of methoxy groups -OCH3 is 2. The summed E-state index contributed by atoms with van der Waals surface area (Å²) in [5.74, 6) is 1.34. The van der Waals surface area contributed by atoms with Crippen molar-refractivity contribution in [1.82, 2.24) is 4.90 Å². The lowest BCUT2D eigenvalue weighted by Crippen LogP contribution is -2.29. The molecule has 19 heavy (non-hydrogen) atoms. The number of benzene rings is 1. The van der Waals surface area contributed by atoms with Gasteiger partial charge in [-0.3, -0.25) is 4.79 Å². The van der Waals surface area contributed by atoms with Crippen LogP contribution in [0.1, 0.15) is 16.8 Å². The van der Waals surface area contributed by atoms with E-state index in [2.05, 4.69) is 0 Å². The van der Waals surface area contributed by atoms with Crippen molar-refractivity contribution in [2.75, 3.05) is 33.9 Å². The number of hydrogen-bond acceptors (Lipinski definition) is 4. The molecule has 1 heterocycles. The number of carbonyl (C=O) groups is 1. The number of aliphatic hydroxyl groups excluding tert-OH is 1. The zero-order chi connectivity index (χ0) is 13.8. The highest BCUT2D eigenvalue weighted by atomic mass is 16.5. The molecule has 1 atom stereocenters. The highest BCUT2D eigenvalue weighted by Crippen LogP contribution is 2.25. The van der Waals surface area contributed by atoms with E-state index in [1.165, 1.54) is 0 Å². The third-order valence-corrected chi connectivity index (χ3v) is 3.43. The first-order valence-corrected chi connectivity index (χ1v) is 6.31. The largest absolute Gasteiger partial charge is 0.497 e. The van der Waals surface area contributed by atoms with E-state index in [1.54, 1.807) is 37.3 Å². The van der Waals surface area contributed by atoms with Gasteiger partial charge < -0.3 is 19.5 Å². The van der Waals surface area contributed by atoms with Crippen LogP contribution in [0.15, 0.2) is 18.2 Å². The molecular formula is C14H19NO4. The first-order chi connectivity index (χ1) is 9.17. The van der Waals surface area contributed by atoms with Crippen molar-refractivity contribution in [3.05, 3.63) is 23.8 Å². The smallest absolute Gasteiger partial charge is 0.254 e. The van der Waals surface area contributed by atoms with E-state index in [1.807, 2.05) is 0 Å². The molecule has 0 radical (unpaired) electrons. The Morgan fingerprint density at radius 3 is 2.42 bits per heavy atom. The van der Waals surface area contributed by atoms with Gasteiger partial charge >= 0.3 is 0 Å². The van der Waals surface area contributed by atoms with Crippen molar-refractivity contribution >= 4 is 5.91 Å². The van der Waals surface area contributed by atoms with Crippen molar-refractivity contribution in [2.45, 2.75) is 6.42 Å². The number of carbonyl (C=O) groups excluding carboxylic acids is 1. The van der Waals surface area contributed by atoms with Crippen molar-refractivity contribution in [2.24, 2.45) is 5.92 Å². The average Bonchev–Trinajstić information content (AvgIpc) is 2.94. The van der Waals surface area contributed by atoms with Gasteiger partial charge in [-0.1, -0.05) is 0 Å². The molecule has 1 aromatic carbocycles. The maximum atomic E-state index is 12.4. The molecule has 1 amide bonds. The van der Waals surface area contributed by atoms with E-state index in [0.717, 1.165) is 6.42 Å². The molecule has 0 saturated carbocycles. The summed E-state index contributed by atoms with van der Waals surface area (Å²) in [6, 6.07) is 5.14. The van der Waals surface area contributed by atoms with Crippen LogP contribution in [0, 0.1) is 5.92 Å². The van der Waals surface area contributed by atoms with Gasteiger partial charge in [-0.05, 0) is 18.6 Å². The maximum Gasteiger partial charge on any atom is 0.254 e. The van der Waals surface area contributed by atoms with Crippen molar-refractivity contribution < 1.29 is 19.4 Å². The van der Waals surface area contributed by atoms with Gasteiger partial charge in [0.05, 0.1) is 14.2 Å². The Balaban J connectivity index is 2.19. The molecule has 1 fully saturated rings. The van der Waals surface area contributed by atoms with Crippen LogP contribution in [0.3, 0.4) is 0 Å². The van der Waals surface area contributed by atoms with E-state index >= 15 is 0 Å². The fourth-order valence-electron chi connectivity index (χ4n) is 2.28. The first kappa shape index (κ1) is 13.7.